The number of hydrogen-bond donors (Lipinski definition) is 0. The average Bonchev–Trinajstić information content (AvgIpc) is 2.27. The first-order chi connectivity index (χ1) is 7.54. The summed E-state index contributed by atoms with van der Waals surface area (Å²) in [6.07, 6.45) is 1.10. The predicted molar refractivity (Wildman–Crippen MR) is 69.8 cm³/mol. The first-order valence-electron chi connectivity index (χ1n) is 5.87. The van der Waals surface area contributed by atoms with Gasteiger partial charge >= 0.3 is 0 Å². The monoisotopic (exact) mass is 249 g/mol. The van der Waals surface area contributed by atoms with E-state index < -0.39 is 9.52 Å². The molecule has 0 bridgehead atoms. The lowest BCUT2D eigenvalue weighted by atomic mass is 10.4. The third kappa shape index (κ3) is 8.24. The number of ether oxygens (including phenoxy) is 3. The molecule has 0 radical (unpaired) electrons. The largest absolute Gasteiger partial charge is 0.382 e. The van der Waals surface area contributed by atoms with Gasteiger partial charge in [-0.15, -0.1) is 0 Å². The smallest absolute Gasteiger partial charge is 0.141 e. The molecular formula is C11H27NO3Si. The zero-order chi connectivity index (χ0) is 12.4. The van der Waals surface area contributed by atoms with Gasteiger partial charge in [0.1, 0.15) is 5.41 Å². The van der Waals surface area contributed by atoms with Gasteiger partial charge in [-0.05, 0) is 40.0 Å². The summed E-state index contributed by atoms with van der Waals surface area (Å²) in [6, 6.07) is 1.10. The number of methoxy groups -OCH3 is 2. The van der Waals surface area contributed by atoms with E-state index in [9.17, 15) is 0 Å². The Bertz CT molecular complexity index is 163. The van der Waals surface area contributed by atoms with E-state index in [-0.39, 0.29) is 5.41 Å². The minimum atomic E-state index is -0.401. The second-order valence-electron chi connectivity index (χ2n) is 4.41. The van der Waals surface area contributed by atoms with Crippen LogP contribution in [0.25, 0.3) is 0 Å². The average molecular weight is 249 g/mol. The van der Waals surface area contributed by atoms with Crippen LogP contribution in [0.2, 0.25) is 6.04 Å². The van der Waals surface area contributed by atoms with Crippen LogP contribution in [0, 0.1) is 0 Å². The van der Waals surface area contributed by atoms with Crippen molar-refractivity contribution in [3.63, 3.8) is 0 Å². The highest BCUT2D eigenvalue weighted by Crippen LogP contribution is 2.09. The van der Waals surface area contributed by atoms with E-state index in [1.54, 1.807) is 14.2 Å². The normalized spacial score (nSPS) is 13.1. The summed E-state index contributed by atoms with van der Waals surface area (Å²) in [5.74, 6) is 0. The van der Waals surface area contributed by atoms with Crippen LogP contribution in [-0.4, -0.2) is 67.9 Å². The highest BCUT2D eigenvalue weighted by molar-refractivity contribution is 6.38. The van der Waals surface area contributed by atoms with Crippen LogP contribution in [0.5, 0.6) is 0 Å². The van der Waals surface area contributed by atoms with Crippen LogP contribution in [0.1, 0.15) is 13.3 Å². The van der Waals surface area contributed by atoms with E-state index in [1.165, 1.54) is 0 Å². The lowest BCUT2D eigenvalue weighted by Crippen LogP contribution is -2.37. The van der Waals surface area contributed by atoms with Gasteiger partial charge in [-0.2, -0.15) is 0 Å². The van der Waals surface area contributed by atoms with Crippen LogP contribution >= 0.6 is 0 Å². The Morgan fingerprint density at radius 1 is 1.12 bits per heavy atom. The van der Waals surface area contributed by atoms with Crippen molar-refractivity contribution in [1.29, 1.82) is 0 Å². The maximum atomic E-state index is 5.57. The minimum Gasteiger partial charge on any atom is -0.382 e. The first-order valence-corrected chi connectivity index (χ1v) is 7.57. The fraction of sp³-hybridized carbons (Fsp3) is 1.00. The van der Waals surface area contributed by atoms with Crippen LogP contribution in [0.3, 0.4) is 0 Å². The van der Waals surface area contributed by atoms with Gasteiger partial charge < -0.3 is 19.1 Å². The van der Waals surface area contributed by atoms with Crippen LogP contribution in [0.15, 0.2) is 0 Å². The fourth-order valence-electron chi connectivity index (χ4n) is 1.37. The molecule has 0 N–H and O–H groups in total. The summed E-state index contributed by atoms with van der Waals surface area (Å²) >= 11 is 0. The summed E-state index contributed by atoms with van der Waals surface area (Å²) in [7, 11) is 7.16. The molecule has 0 fully saturated rings. The van der Waals surface area contributed by atoms with Gasteiger partial charge in [0.15, 0.2) is 0 Å². The van der Waals surface area contributed by atoms with Crippen molar-refractivity contribution in [2.24, 2.45) is 0 Å². The van der Waals surface area contributed by atoms with E-state index in [0.29, 0.717) is 0 Å². The molecule has 0 aliphatic heterocycles. The van der Waals surface area contributed by atoms with Crippen molar-refractivity contribution in [1.82, 2.24) is 4.90 Å². The molecule has 0 spiro atoms. The molecule has 5 heteroatoms. The first kappa shape index (κ1) is 16.1. The summed E-state index contributed by atoms with van der Waals surface area (Å²) in [6.45, 7) is 4.78. The lowest BCUT2D eigenvalue weighted by Gasteiger charge is -2.26. The molecule has 0 aromatic heterocycles. The molecule has 0 saturated heterocycles. The highest BCUT2D eigenvalue weighted by Gasteiger charge is 2.21. The minimum absolute atomic E-state index is 0.326. The van der Waals surface area contributed by atoms with Crippen molar-refractivity contribution in [3.8, 4) is 0 Å². The van der Waals surface area contributed by atoms with Gasteiger partial charge in [0.05, 0.1) is 9.52 Å². The summed E-state index contributed by atoms with van der Waals surface area (Å²) in [5.41, 5.74) is -0.326. The third-order valence-electron chi connectivity index (χ3n) is 2.68. The van der Waals surface area contributed by atoms with Gasteiger partial charge in [-0.25, -0.2) is 0 Å². The quantitative estimate of drug-likeness (QED) is 0.321. The molecule has 0 aromatic rings. The van der Waals surface area contributed by atoms with E-state index >= 15 is 0 Å². The van der Waals surface area contributed by atoms with E-state index in [1.807, 2.05) is 6.92 Å². The van der Waals surface area contributed by atoms with Crippen molar-refractivity contribution in [2.75, 3.05) is 48.1 Å². The van der Waals surface area contributed by atoms with Crippen molar-refractivity contribution >= 4 is 9.52 Å². The Balaban J connectivity index is 3.33. The second kappa shape index (κ2) is 9.12. The Kier molecular flexibility index (Phi) is 9.16. The third-order valence-corrected chi connectivity index (χ3v) is 4.80. The van der Waals surface area contributed by atoms with E-state index in [0.717, 1.165) is 32.2 Å². The molecule has 0 rings (SSSR count). The van der Waals surface area contributed by atoms with Crippen molar-refractivity contribution in [2.45, 2.75) is 24.8 Å². The van der Waals surface area contributed by atoms with E-state index in [4.69, 9.17) is 14.2 Å². The fourth-order valence-corrected chi connectivity index (χ4v) is 2.77. The maximum absolute atomic E-state index is 5.57. The molecule has 16 heavy (non-hydrogen) atoms. The Morgan fingerprint density at radius 2 is 1.75 bits per heavy atom. The van der Waals surface area contributed by atoms with Gasteiger partial charge in [0, 0.05) is 27.4 Å². The summed E-state index contributed by atoms with van der Waals surface area (Å²) < 4.78 is 16.2. The lowest BCUT2D eigenvalue weighted by molar-refractivity contribution is -0.131. The van der Waals surface area contributed by atoms with Gasteiger partial charge in [-0.1, -0.05) is 0 Å². The Labute approximate surface area is 102 Å². The number of hydrogen-bond acceptors (Lipinski definition) is 4. The maximum Gasteiger partial charge on any atom is 0.141 e. The molecule has 0 amide bonds. The molecule has 4 nitrogen and oxygen atoms in total. The summed E-state index contributed by atoms with van der Waals surface area (Å²) in [5, 5.41) is 0. The highest BCUT2D eigenvalue weighted by atomic mass is 28.2. The molecule has 0 aliphatic rings. The number of nitrogens with zero attached hydrogens (tertiary/aromatic N) is 1. The van der Waals surface area contributed by atoms with Crippen LogP contribution in [0.4, 0.5) is 0 Å². The number of rotatable bonds is 10. The second-order valence-corrected chi connectivity index (χ2v) is 6.91. The summed E-state index contributed by atoms with van der Waals surface area (Å²) in [4.78, 5) is 2.17. The molecular weight excluding hydrogens is 222 g/mol. The molecule has 0 heterocycles. The Morgan fingerprint density at radius 3 is 2.25 bits per heavy atom. The van der Waals surface area contributed by atoms with Crippen LogP contribution in [-0.2, 0) is 14.2 Å². The van der Waals surface area contributed by atoms with Gasteiger partial charge in [0.2, 0.25) is 0 Å². The standard InChI is InChI=1S/C11H27NO3Si/c1-11(13-4,14-5)16-10-9-15-8-6-7-12(2)3/h6-10,16H2,1-5H3. The Hall–Kier alpha value is 0.0569. The zero-order valence-electron chi connectivity index (χ0n) is 11.4. The SMILES string of the molecule is COC(C)(OC)[SiH2]CCOCCCN(C)C. The topological polar surface area (TPSA) is 30.9 Å². The van der Waals surface area contributed by atoms with Crippen LogP contribution < -0.4 is 0 Å². The van der Waals surface area contributed by atoms with Gasteiger partial charge in [0.25, 0.3) is 0 Å². The zero-order valence-corrected chi connectivity index (χ0v) is 12.8. The molecule has 0 saturated carbocycles. The van der Waals surface area contributed by atoms with Crippen molar-refractivity contribution < 1.29 is 14.2 Å². The van der Waals surface area contributed by atoms with Gasteiger partial charge in [-0.3, -0.25) is 0 Å². The van der Waals surface area contributed by atoms with Crippen molar-refractivity contribution in [3.05, 3.63) is 0 Å². The molecule has 0 aromatic carbocycles. The molecule has 0 atom stereocenters. The molecule has 0 aliphatic carbocycles. The molecule has 0 unspecified atom stereocenters. The predicted octanol–water partition coefficient (Wildman–Crippen LogP) is 0.508. The molecule has 98 valence electrons. The van der Waals surface area contributed by atoms with E-state index in [2.05, 4.69) is 19.0 Å².